The van der Waals surface area contributed by atoms with Gasteiger partial charge in [-0.3, -0.25) is 14.4 Å². The van der Waals surface area contributed by atoms with Gasteiger partial charge < -0.3 is 42.0 Å². The molecule has 0 fully saturated rings. The summed E-state index contributed by atoms with van der Waals surface area (Å²) in [6, 6.07) is 2.02. The van der Waals surface area contributed by atoms with E-state index in [1.807, 2.05) is 18.2 Å². The Kier molecular flexibility index (Phi) is 8.91. The molecule has 180 valence electrons. The van der Waals surface area contributed by atoms with Gasteiger partial charge in [0.15, 0.2) is 0 Å². The Labute approximate surface area is 189 Å². The minimum Gasteiger partial charge on any atom is -0.480 e. The van der Waals surface area contributed by atoms with Crippen LogP contribution in [0.3, 0.4) is 0 Å². The van der Waals surface area contributed by atoms with Crippen molar-refractivity contribution < 1.29 is 34.5 Å². The molecule has 1 aromatic heterocycles. The average Bonchev–Trinajstić information content (AvgIpc) is 3.17. The predicted octanol–water partition coefficient (Wildman–Crippen LogP) is -2.03. The number of carbonyl (C=O) groups is 4. The van der Waals surface area contributed by atoms with E-state index < -0.39 is 60.6 Å². The van der Waals surface area contributed by atoms with Crippen molar-refractivity contribution in [3.05, 3.63) is 36.0 Å². The molecule has 2 aromatic rings. The highest BCUT2D eigenvalue weighted by molar-refractivity contribution is 5.94. The number of carboxylic acid groups (broad SMARTS) is 1. The molecule has 12 nitrogen and oxygen atoms in total. The van der Waals surface area contributed by atoms with Gasteiger partial charge in [-0.1, -0.05) is 18.2 Å². The zero-order valence-electron chi connectivity index (χ0n) is 18.2. The molecule has 0 saturated carbocycles. The number of H-pyrrole nitrogens is 1. The lowest BCUT2D eigenvalue weighted by Crippen LogP contribution is -2.60. The molecule has 3 amide bonds. The molecule has 0 radical (unpaired) electrons. The number of aliphatic carboxylic acids is 1. The number of aromatic nitrogens is 1. The van der Waals surface area contributed by atoms with Crippen LogP contribution < -0.4 is 21.7 Å². The van der Waals surface area contributed by atoms with Gasteiger partial charge in [-0.25, -0.2) is 4.79 Å². The van der Waals surface area contributed by atoms with E-state index in [0.29, 0.717) is 5.56 Å². The average molecular weight is 463 g/mol. The van der Waals surface area contributed by atoms with Gasteiger partial charge in [-0.15, -0.1) is 0 Å². The van der Waals surface area contributed by atoms with Gasteiger partial charge in [-0.2, -0.15) is 0 Å². The number of rotatable bonds is 11. The fourth-order valence-electron chi connectivity index (χ4n) is 3.14. The maximum absolute atomic E-state index is 12.6. The Morgan fingerprint density at radius 2 is 1.64 bits per heavy atom. The van der Waals surface area contributed by atoms with Crippen molar-refractivity contribution in [2.24, 2.45) is 5.73 Å². The molecular weight excluding hydrogens is 434 g/mol. The minimum atomic E-state index is -1.52. The fraction of sp³-hybridized carbons (Fsp3) is 0.429. The van der Waals surface area contributed by atoms with Crippen molar-refractivity contribution >= 4 is 34.6 Å². The third-order valence-electron chi connectivity index (χ3n) is 5.01. The van der Waals surface area contributed by atoms with E-state index in [4.69, 9.17) is 5.73 Å². The van der Waals surface area contributed by atoms with Gasteiger partial charge >= 0.3 is 5.97 Å². The molecule has 0 aliphatic rings. The summed E-state index contributed by atoms with van der Waals surface area (Å²) in [6.07, 6.45) is 0.272. The Balaban J connectivity index is 2.09. The van der Waals surface area contributed by atoms with Crippen LogP contribution in [0.2, 0.25) is 0 Å². The fourth-order valence-corrected chi connectivity index (χ4v) is 3.14. The molecule has 5 atom stereocenters. The maximum Gasteiger partial charge on any atom is 0.326 e. The number of nitrogens with two attached hydrogens (primary N) is 1. The zero-order valence-corrected chi connectivity index (χ0v) is 18.2. The minimum absolute atomic E-state index is 0.0437. The summed E-state index contributed by atoms with van der Waals surface area (Å²) < 4.78 is 0. The van der Waals surface area contributed by atoms with E-state index >= 15 is 0 Å². The highest BCUT2D eigenvalue weighted by Gasteiger charge is 2.32. The number of aliphatic hydroxyl groups is 2. The van der Waals surface area contributed by atoms with E-state index in [-0.39, 0.29) is 6.42 Å². The molecule has 0 aliphatic carbocycles. The topological polar surface area (TPSA) is 207 Å². The Morgan fingerprint density at radius 3 is 2.21 bits per heavy atom. The van der Waals surface area contributed by atoms with Crippen LogP contribution in [-0.2, 0) is 25.6 Å². The number of hydrogen-bond donors (Lipinski definition) is 8. The van der Waals surface area contributed by atoms with Gasteiger partial charge in [0.2, 0.25) is 17.7 Å². The van der Waals surface area contributed by atoms with Crippen LogP contribution in [0, 0.1) is 0 Å². The number of carbonyl (C=O) groups excluding carboxylic acids is 3. The van der Waals surface area contributed by atoms with Crippen LogP contribution in [0.15, 0.2) is 30.5 Å². The summed E-state index contributed by atoms with van der Waals surface area (Å²) in [4.78, 5) is 51.7. The Hall–Kier alpha value is -3.48. The highest BCUT2D eigenvalue weighted by atomic mass is 16.4. The summed E-state index contributed by atoms with van der Waals surface area (Å²) in [5, 5.41) is 36.6. The monoisotopic (exact) mass is 463 g/mol. The van der Waals surface area contributed by atoms with E-state index in [2.05, 4.69) is 20.9 Å². The second-order valence-corrected chi connectivity index (χ2v) is 7.72. The molecule has 0 saturated heterocycles. The van der Waals surface area contributed by atoms with Crippen molar-refractivity contribution in [2.45, 2.75) is 50.5 Å². The number of para-hydroxylation sites is 1. The molecule has 2 rings (SSSR count). The summed E-state index contributed by atoms with van der Waals surface area (Å²) in [5.74, 6) is -3.90. The number of hydrogen-bond acceptors (Lipinski definition) is 7. The number of nitrogens with one attached hydrogen (secondary N) is 4. The lowest BCUT2D eigenvalue weighted by atomic mass is 10.0. The highest BCUT2D eigenvalue weighted by Crippen LogP contribution is 2.19. The van der Waals surface area contributed by atoms with Gasteiger partial charge in [0, 0.05) is 23.5 Å². The predicted molar refractivity (Wildman–Crippen MR) is 118 cm³/mol. The van der Waals surface area contributed by atoms with E-state index in [1.54, 1.807) is 12.3 Å². The normalized spacial score (nSPS) is 15.7. The zero-order chi connectivity index (χ0) is 24.7. The molecule has 1 heterocycles. The second-order valence-electron chi connectivity index (χ2n) is 7.72. The third-order valence-corrected chi connectivity index (χ3v) is 5.01. The number of fused-ring (bicyclic) bond motifs is 1. The first-order valence-corrected chi connectivity index (χ1v) is 10.3. The van der Waals surface area contributed by atoms with Crippen LogP contribution >= 0.6 is 0 Å². The van der Waals surface area contributed by atoms with Gasteiger partial charge in [-0.05, 0) is 25.5 Å². The van der Waals surface area contributed by atoms with Gasteiger partial charge in [0.25, 0.3) is 0 Å². The van der Waals surface area contributed by atoms with Crippen molar-refractivity contribution in [1.29, 1.82) is 0 Å². The largest absolute Gasteiger partial charge is 0.480 e. The van der Waals surface area contributed by atoms with Crippen LogP contribution in [0.25, 0.3) is 10.9 Å². The van der Waals surface area contributed by atoms with Gasteiger partial charge in [0.05, 0.1) is 18.8 Å². The lowest BCUT2D eigenvalue weighted by Gasteiger charge is -2.25. The molecule has 0 unspecified atom stereocenters. The molecule has 0 bridgehead atoms. The number of carboxylic acids is 1. The number of amides is 3. The molecule has 0 aliphatic heterocycles. The van der Waals surface area contributed by atoms with E-state index in [1.165, 1.54) is 13.8 Å². The van der Waals surface area contributed by atoms with Crippen LogP contribution in [0.4, 0.5) is 0 Å². The first-order chi connectivity index (χ1) is 15.5. The molecule has 12 heteroatoms. The second kappa shape index (κ2) is 11.4. The smallest absolute Gasteiger partial charge is 0.326 e. The molecule has 9 N–H and O–H groups in total. The SMILES string of the molecule is C[C@H](N)C(=O)N[C@H](C(=O)N[C@@H](CO)C(=O)N[C@@H](Cc1c[nH]c2ccccc12)C(=O)O)[C@@H](C)O. The number of aromatic amines is 1. The third kappa shape index (κ3) is 6.75. The summed E-state index contributed by atoms with van der Waals surface area (Å²) in [6.45, 7) is 1.79. The van der Waals surface area contributed by atoms with E-state index in [9.17, 15) is 34.5 Å². The quantitative estimate of drug-likeness (QED) is 0.186. The molecule has 1 aromatic carbocycles. The van der Waals surface area contributed by atoms with Crippen LogP contribution in [0.1, 0.15) is 19.4 Å². The first kappa shape index (κ1) is 25.8. The van der Waals surface area contributed by atoms with Crippen LogP contribution in [-0.4, -0.2) is 80.9 Å². The standard InChI is InChI=1S/C21H29N5O7/c1-10(22)18(29)26-17(11(2)28)20(31)25-16(9-27)19(30)24-15(21(32)33)7-12-8-23-14-6-4-3-5-13(12)14/h3-6,8,10-11,15-17,23,27-28H,7,9,22H2,1-2H3,(H,24,30)(H,25,31)(H,26,29)(H,32,33)/t10-,11+,15-,16-,17-/m0/s1. The summed E-state index contributed by atoms with van der Waals surface area (Å²) >= 11 is 0. The van der Waals surface area contributed by atoms with Crippen molar-refractivity contribution in [3.8, 4) is 0 Å². The molecule has 33 heavy (non-hydrogen) atoms. The number of benzene rings is 1. The summed E-state index contributed by atoms with van der Waals surface area (Å²) in [5.41, 5.74) is 6.92. The Morgan fingerprint density at radius 1 is 1.00 bits per heavy atom. The maximum atomic E-state index is 12.6. The van der Waals surface area contributed by atoms with Crippen molar-refractivity contribution in [1.82, 2.24) is 20.9 Å². The lowest BCUT2D eigenvalue weighted by molar-refractivity contribution is -0.142. The van der Waals surface area contributed by atoms with Gasteiger partial charge in [0.1, 0.15) is 18.1 Å². The van der Waals surface area contributed by atoms with E-state index in [0.717, 1.165) is 10.9 Å². The van der Waals surface area contributed by atoms with Crippen molar-refractivity contribution in [3.63, 3.8) is 0 Å². The van der Waals surface area contributed by atoms with Crippen molar-refractivity contribution in [2.75, 3.05) is 6.61 Å². The molecule has 0 spiro atoms. The Bertz CT molecular complexity index is 1000. The van der Waals surface area contributed by atoms with Crippen LogP contribution in [0.5, 0.6) is 0 Å². The summed E-state index contributed by atoms with van der Waals surface area (Å²) in [7, 11) is 0. The number of aliphatic hydroxyl groups excluding tert-OH is 2. The first-order valence-electron chi connectivity index (χ1n) is 10.3. The molecular formula is C21H29N5O7.